The average molecular weight is 274 g/mol. The summed E-state index contributed by atoms with van der Waals surface area (Å²) in [6, 6.07) is 0.122. The lowest BCUT2D eigenvalue weighted by Crippen LogP contribution is -2.33. The van der Waals surface area contributed by atoms with E-state index in [0.717, 1.165) is 12.8 Å². The molecule has 4 nitrogen and oxygen atoms in total. The maximum Gasteiger partial charge on any atom is 0.271 e. The second-order valence-corrected chi connectivity index (χ2v) is 4.90. The van der Waals surface area contributed by atoms with Gasteiger partial charge in [-0.3, -0.25) is 4.79 Å². The van der Waals surface area contributed by atoms with Crippen LogP contribution in [0.25, 0.3) is 0 Å². The number of hydrogen-bond donors (Lipinski definition) is 1. The van der Waals surface area contributed by atoms with E-state index in [1.165, 1.54) is 18.0 Å². The molecule has 1 heterocycles. The summed E-state index contributed by atoms with van der Waals surface area (Å²) in [5, 5.41) is 3.69. The molecule has 0 radical (unpaired) electrons. The molecule has 94 valence electrons. The molecule has 0 aliphatic heterocycles. The zero-order valence-corrected chi connectivity index (χ0v) is 11.7. The number of halogens is 1. The standard InChI is InChI=1S/C11H16ClN3OS/c1-4-5-7(2)14-10(16)9-8(12)6-13-11(15-9)17-3/h6-7H,4-5H2,1-3H3,(H,14,16). The smallest absolute Gasteiger partial charge is 0.271 e. The van der Waals surface area contributed by atoms with E-state index in [4.69, 9.17) is 11.6 Å². The Morgan fingerprint density at radius 1 is 1.65 bits per heavy atom. The Bertz CT molecular complexity index is 400. The first-order valence-corrected chi connectivity index (χ1v) is 7.06. The van der Waals surface area contributed by atoms with Gasteiger partial charge < -0.3 is 5.32 Å². The van der Waals surface area contributed by atoms with Gasteiger partial charge >= 0.3 is 0 Å². The van der Waals surface area contributed by atoms with Crippen LogP contribution < -0.4 is 5.32 Å². The summed E-state index contributed by atoms with van der Waals surface area (Å²) in [4.78, 5) is 20.0. The minimum atomic E-state index is -0.242. The predicted octanol–water partition coefficient (Wildman–Crippen LogP) is 2.77. The fraction of sp³-hybridized carbons (Fsp3) is 0.545. The van der Waals surface area contributed by atoms with Crippen molar-refractivity contribution in [1.82, 2.24) is 15.3 Å². The molecule has 1 aromatic heterocycles. The SMILES string of the molecule is CCCC(C)NC(=O)c1nc(SC)ncc1Cl. The van der Waals surface area contributed by atoms with Crippen LogP contribution in [0.3, 0.4) is 0 Å². The summed E-state index contributed by atoms with van der Waals surface area (Å²) in [5.74, 6) is -0.242. The molecule has 17 heavy (non-hydrogen) atoms. The number of aromatic nitrogens is 2. The molecule has 0 bridgehead atoms. The van der Waals surface area contributed by atoms with E-state index < -0.39 is 0 Å². The third kappa shape index (κ3) is 4.16. The number of amides is 1. The molecule has 1 atom stereocenters. The number of thioether (sulfide) groups is 1. The van der Waals surface area contributed by atoms with E-state index in [-0.39, 0.29) is 22.7 Å². The van der Waals surface area contributed by atoms with E-state index >= 15 is 0 Å². The third-order valence-corrected chi connectivity index (χ3v) is 3.06. The second kappa shape index (κ2) is 6.81. The molecule has 0 saturated carbocycles. The lowest BCUT2D eigenvalue weighted by Gasteiger charge is -2.12. The van der Waals surface area contributed by atoms with E-state index in [0.29, 0.717) is 5.16 Å². The molecular formula is C11H16ClN3OS. The van der Waals surface area contributed by atoms with E-state index in [9.17, 15) is 4.79 Å². The summed E-state index contributed by atoms with van der Waals surface area (Å²) >= 11 is 7.29. The highest BCUT2D eigenvalue weighted by Gasteiger charge is 2.15. The number of nitrogens with zero attached hydrogens (tertiary/aromatic N) is 2. The van der Waals surface area contributed by atoms with Gasteiger partial charge in [-0.05, 0) is 19.6 Å². The van der Waals surface area contributed by atoms with Crippen molar-refractivity contribution in [2.45, 2.75) is 37.9 Å². The van der Waals surface area contributed by atoms with Crippen molar-refractivity contribution in [1.29, 1.82) is 0 Å². The number of carbonyl (C=O) groups excluding carboxylic acids is 1. The van der Waals surface area contributed by atoms with Gasteiger partial charge in [0.05, 0.1) is 11.2 Å². The van der Waals surface area contributed by atoms with Crippen LogP contribution in [0.15, 0.2) is 11.4 Å². The molecule has 0 saturated heterocycles. The molecule has 0 fully saturated rings. The topological polar surface area (TPSA) is 54.9 Å². The molecule has 1 N–H and O–H groups in total. The summed E-state index contributed by atoms with van der Waals surface area (Å²) in [7, 11) is 0. The first kappa shape index (κ1) is 14.3. The van der Waals surface area contributed by atoms with Crippen LogP contribution in [0.2, 0.25) is 5.02 Å². The maximum absolute atomic E-state index is 11.9. The monoisotopic (exact) mass is 273 g/mol. The number of hydrogen-bond acceptors (Lipinski definition) is 4. The van der Waals surface area contributed by atoms with Gasteiger partial charge in [0, 0.05) is 6.04 Å². The normalized spacial score (nSPS) is 12.2. The quantitative estimate of drug-likeness (QED) is 0.662. The van der Waals surface area contributed by atoms with Gasteiger partial charge in [0.2, 0.25) is 0 Å². The van der Waals surface area contributed by atoms with Gasteiger partial charge in [0.1, 0.15) is 0 Å². The highest BCUT2D eigenvalue weighted by atomic mass is 35.5. The minimum Gasteiger partial charge on any atom is -0.348 e. The van der Waals surface area contributed by atoms with E-state index in [1.54, 1.807) is 0 Å². The van der Waals surface area contributed by atoms with Crippen LogP contribution in [0.4, 0.5) is 0 Å². The number of carbonyl (C=O) groups is 1. The molecule has 0 aromatic carbocycles. The molecule has 6 heteroatoms. The van der Waals surface area contributed by atoms with Gasteiger partial charge in [-0.25, -0.2) is 9.97 Å². The third-order valence-electron chi connectivity index (χ3n) is 2.22. The predicted molar refractivity (Wildman–Crippen MR) is 70.7 cm³/mol. The molecule has 0 spiro atoms. The van der Waals surface area contributed by atoms with Crippen LogP contribution in [-0.2, 0) is 0 Å². The molecule has 1 amide bonds. The fourth-order valence-corrected chi connectivity index (χ4v) is 1.92. The van der Waals surface area contributed by atoms with Crippen molar-refractivity contribution in [2.75, 3.05) is 6.26 Å². The van der Waals surface area contributed by atoms with Gasteiger partial charge in [0.15, 0.2) is 10.9 Å². The van der Waals surface area contributed by atoms with Crippen molar-refractivity contribution in [3.8, 4) is 0 Å². The minimum absolute atomic E-state index is 0.122. The van der Waals surface area contributed by atoms with Crippen molar-refractivity contribution in [3.05, 3.63) is 16.9 Å². The van der Waals surface area contributed by atoms with Crippen LogP contribution in [0, 0.1) is 0 Å². The Morgan fingerprint density at radius 2 is 2.35 bits per heavy atom. The summed E-state index contributed by atoms with van der Waals surface area (Å²) in [5.41, 5.74) is 0.244. The van der Waals surface area contributed by atoms with Crippen LogP contribution in [0.1, 0.15) is 37.2 Å². The van der Waals surface area contributed by atoms with Crippen molar-refractivity contribution >= 4 is 29.3 Å². The largest absolute Gasteiger partial charge is 0.348 e. The molecule has 1 unspecified atom stereocenters. The number of rotatable bonds is 5. The van der Waals surface area contributed by atoms with Crippen LogP contribution in [0.5, 0.6) is 0 Å². The van der Waals surface area contributed by atoms with Crippen molar-refractivity contribution in [3.63, 3.8) is 0 Å². The van der Waals surface area contributed by atoms with Crippen molar-refractivity contribution in [2.24, 2.45) is 0 Å². The Hall–Kier alpha value is -0.810. The summed E-state index contributed by atoms with van der Waals surface area (Å²) < 4.78 is 0. The molecular weight excluding hydrogens is 258 g/mol. The van der Waals surface area contributed by atoms with E-state index in [2.05, 4.69) is 22.2 Å². The fourth-order valence-electron chi connectivity index (χ4n) is 1.41. The zero-order chi connectivity index (χ0) is 12.8. The van der Waals surface area contributed by atoms with Crippen molar-refractivity contribution < 1.29 is 4.79 Å². The van der Waals surface area contributed by atoms with Gasteiger partial charge in [-0.15, -0.1) is 0 Å². The van der Waals surface area contributed by atoms with E-state index in [1.807, 2.05) is 13.2 Å². The Morgan fingerprint density at radius 3 is 2.94 bits per heavy atom. The van der Waals surface area contributed by atoms with Crippen LogP contribution >= 0.6 is 23.4 Å². The van der Waals surface area contributed by atoms with Gasteiger partial charge in [-0.1, -0.05) is 36.7 Å². The Labute approximate surface area is 111 Å². The number of nitrogens with one attached hydrogen (secondary N) is 1. The highest BCUT2D eigenvalue weighted by molar-refractivity contribution is 7.98. The second-order valence-electron chi connectivity index (χ2n) is 3.72. The average Bonchev–Trinajstić information content (AvgIpc) is 2.29. The molecule has 0 aliphatic carbocycles. The Kier molecular flexibility index (Phi) is 5.71. The van der Waals surface area contributed by atoms with Gasteiger partial charge in [-0.2, -0.15) is 0 Å². The summed E-state index contributed by atoms with van der Waals surface area (Å²) in [6.45, 7) is 4.04. The lowest BCUT2D eigenvalue weighted by molar-refractivity contribution is 0.0932. The molecule has 1 aromatic rings. The first-order chi connectivity index (χ1) is 8.08. The summed E-state index contributed by atoms with van der Waals surface area (Å²) in [6.07, 6.45) is 5.27. The molecule has 1 rings (SSSR count). The highest BCUT2D eigenvalue weighted by Crippen LogP contribution is 2.16. The zero-order valence-electron chi connectivity index (χ0n) is 10.2. The molecule has 0 aliphatic rings. The lowest BCUT2D eigenvalue weighted by atomic mass is 10.2. The Balaban J connectivity index is 2.80. The first-order valence-electron chi connectivity index (χ1n) is 5.45. The van der Waals surface area contributed by atoms with Gasteiger partial charge in [0.25, 0.3) is 5.91 Å². The maximum atomic E-state index is 11.9. The van der Waals surface area contributed by atoms with Crippen LogP contribution in [-0.4, -0.2) is 28.2 Å².